The predicted molar refractivity (Wildman–Crippen MR) is 219 cm³/mol. The molecule has 0 amide bonds. The Labute approximate surface area is 327 Å². The van der Waals surface area contributed by atoms with Crippen molar-refractivity contribution in [3.05, 3.63) is 85.1 Å². The molecule has 0 spiro atoms. The molecule has 0 aromatic rings. The summed E-state index contributed by atoms with van der Waals surface area (Å²) < 4.78 is 22.7. The van der Waals surface area contributed by atoms with Crippen molar-refractivity contribution in [1.29, 1.82) is 0 Å². The molecule has 1 fully saturated rings. The van der Waals surface area contributed by atoms with Crippen LogP contribution in [0.3, 0.4) is 0 Å². The van der Waals surface area contributed by atoms with Crippen molar-refractivity contribution in [2.24, 2.45) is 0 Å². The molecule has 4 N–H and O–H groups in total. The molecule has 6 atom stereocenters. The molecular formula is C45H74O9. The molecule has 0 aliphatic carbocycles. The monoisotopic (exact) mass is 759 g/mol. The van der Waals surface area contributed by atoms with E-state index in [0.29, 0.717) is 13.0 Å². The number of allylic oxidation sites excluding steroid dienone is 14. The number of carbonyl (C=O) groups excluding carboxylic acids is 1. The standard InChI is InChI=1S/C45H74O9/c1-3-5-7-9-11-13-15-17-19-20-21-22-24-26-28-30-32-34-41(47)53-39(38-52-45-44(50)43(49)42(48)40(36-46)54-45)37-51-35-33-31-29-27-25-23-18-16-14-12-10-8-6-4-2/h5,7-8,10-11,13-14,16-17,19,21-22,26,28,39-40,42-46,48-50H,3-4,6,9,12,15,18,20,23-25,27,29-38H2,1-2H3/b7-5-,10-8-,13-11-,16-14-,19-17-,22-21-,28-26-. The number of esters is 1. The molecule has 1 rings (SSSR count). The Kier molecular flexibility index (Phi) is 33.0. The summed E-state index contributed by atoms with van der Waals surface area (Å²) in [6.45, 7) is 4.25. The van der Waals surface area contributed by atoms with E-state index in [4.69, 9.17) is 18.9 Å². The largest absolute Gasteiger partial charge is 0.457 e. The van der Waals surface area contributed by atoms with E-state index in [1.54, 1.807) is 0 Å². The van der Waals surface area contributed by atoms with E-state index >= 15 is 0 Å². The molecule has 0 bridgehead atoms. The fraction of sp³-hybridized carbons (Fsp3) is 0.667. The molecule has 1 heterocycles. The molecule has 308 valence electrons. The van der Waals surface area contributed by atoms with Gasteiger partial charge in [0.25, 0.3) is 0 Å². The van der Waals surface area contributed by atoms with Gasteiger partial charge in [-0.3, -0.25) is 4.79 Å². The van der Waals surface area contributed by atoms with Crippen molar-refractivity contribution in [3.8, 4) is 0 Å². The average molecular weight is 759 g/mol. The number of carbonyl (C=O) groups is 1. The third kappa shape index (κ3) is 27.0. The van der Waals surface area contributed by atoms with Gasteiger partial charge in [-0.15, -0.1) is 0 Å². The molecule has 0 aromatic heterocycles. The van der Waals surface area contributed by atoms with Gasteiger partial charge in [-0.2, -0.15) is 0 Å². The molecule has 1 aliphatic heterocycles. The number of aliphatic hydroxyl groups excluding tert-OH is 4. The van der Waals surface area contributed by atoms with Crippen molar-refractivity contribution < 1.29 is 44.2 Å². The summed E-state index contributed by atoms with van der Waals surface area (Å²) >= 11 is 0. The lowest BCUT2D eigenvalue weighted by Gasteiger charge is -2.39. The van der Waals surface area contributed by atoms with Gasteiger partial charge in [-0.1, -0.05) is 131 Å². The molecule has 0 aromatic carbocycles. The van der Waals surface area contributed by atoms with Crippen LogP contribution in [0, 0.1) is 0 Å². The molecule has 6 unspecified atom stereocenters. The van der Waals surface area contributed by atoms with Crippen molar-refractivity contribution in [2.75, 3.05) is 26.4 Å². The summed E-state index contributed by atoms with van der Waals surface area (Å²) in [5.74, 6) is -0.379. The molecule has 0 saturated carbocycles. The minimum absolute atomic E-state index is 0.109. The van der Waals surface area contributed by atoms with E-state index in [1.165, 1.54) is 25.7 Å². The average Bonchev–Trinajstić information content (AvgIpc) is 3.17. The second kappa shape index (κ2) is 36.0. The van der Waals surface area contributed by atoms with Gasteiger partial charge < -0.3 is 39.4 Å². The summed E-state index contributed by atoms with van der Waals surface area (Å²) in [6.07, 6.45) is 40.4. The SMILES string of the molecule is CC/C=C\C/C=C\C/C=C\C/C=C\C/C=C\CCCC(=O)OC(COCCCCCCCC/C=C\C/C=C\CCC)COC1OC(CO)C(O)C(O)C1O. The number of unbranched alkanes of at least 4 members (excludes halogenated alkanes) is 8. The van der Waals surface area contributed by atoms with Crippen molar-refractivity contribution in [3.63, 3.8) is 0 Å². The smallest absolute Gasteiger partial charge is 0.306 e. The Hall–Kier alpha value is -2.63. The molecule has 9 heteroatoms. The molecule has 9 nitrogen and oxygen atoms in total. The second-order valence-corrected chi connectivity index (χ2v) is 13.7. The van der Waals surface area contributed by atoms with Crippen LogP contribution in [0.5, 0.6) is 0 Å². The highest BCUT2D eigenvalue weighted by Crippen LogP contribution is 2.22. The maximum atomic E-state index is 12.7. The van der Waals surface area contributed by atoms with Crippen molar-refractivity contribution in [2.45, 2.75) is 166 Å². The van der Waals surface area contributed by atoms with Gasteiger partial charge in [0.2, 0.25) is 0 Å². The third-order valence-corrected chi connectivity index (χ3v) is 8.78. The Morgan fingerprint density at radius 1 is 0.611 bits per heavy atom. The first-order valence-electron chi connectivity index (χ1n) is 20.7. The van der Waals surface area contributed by atoms with E-state index in [-0.39, 0.29) is 25.6 Å². The first-order chi connectivity index (χ1) is 26.4. The zero-order chi connectivity index (χ0) is 39.3. The maximum Gasteiger partial charge on any atom is 0.306 e. The molecule has 0 radical (unpaired) electrons. The van der Waals surface area contributed by atoms with Crippen molar-refractivity contribution >= 4 is 5.97 Å². The number of rotatable bonds is 33. The second-order valence-electron chi connectivity index (χ2n) is 13.7. The minimum Gasteiger partial charge on any atom is -0.457 e. The lowest BCUT2D eigenvalue weighted by Crippen LogP contribution is -2.59. The quantitative estimate of drug-likeness (QED) is 0.0295. The van der Waals surface area contributed by atoms with E-state index in [9.17, 15) is 25.2 Å². The number of aliphatic hydroxyl groups is 4. The first-order valence-corrected chi connectivity index (χ1v) is 20.7. The predicted octanol–water partition coefficient (Wildman–Crippen LogP) is 8.69. The first kappa shape index (κ1) is 49.4. The Morgan fingerprint density at radius 3 is 1.70 bits per heavy atom. The highest BCUT2D eigenvalue weighted by molar-refractivity contribution is 5.69. The van der Waals surface area contributed by atoms with Gasteiger partial charge in [0.1, 0.15) is 30.5 Å². The van der Waals surface area contributed by atoms with E-state index < -0.39 is 43.4 Å². The van der Waals surface area contributed by atoms with Gasteiger partial charge in [-0.25, -0.2) is 0 Å². The fourth-order valence-electron chi connectivity index (χ4n) is 5.56. The normalized spacial score (nSPS) is 21.8. The summed E-state index contributed by atoms with van der Waals surface area (Å²) in [4.78, 5) is 12.7. The number of hydrogen-bond donors (Lipinski definition) is 4. The van der Waals surface area contributed by atoms with Crippen LogP contribution >= 0.6 is 0 Å². The Balaban J connectivity index is 2.37. The molecular weight excluding hydrogens is 684 g/mol. The zero-order valence-electron chi connectivity index (χ0n) is 33.4. The van der Waals surface area contributed by atoms with E-state index in [0.717, 1.165) is 77.0 Å². The summed E-state index contributed by atoms with van der Waals surface area (Å²) in [7, 11) is 0. The van der Waals surface area contributed by atoms with Gasteiger partial charge in [0.05, 0.1) is 19.8 Å². The van der Waals surface area contributed by atoms with E-state index in [1.807, 2.05) is 0 Å². The van der Waals surface area contributed by atoms with E-state index in [2.05, 4.69) is 98.9 Å². The Morgan fingerprint density at radius 2 is 1.13 bits per heavy atom. The van der Waals surface area contributed by atoms with Gasteiger partial charge in [-0.05, 0) is 77.0 Å². The fourth-order valence-corrected chi connectivity index (χ4v) is 5.56. The Bertz CT molecular complexity index is 1090. The summed E-state index contributed by atoms with van der Waals surface area (Å²) in [5.41, 5.74) is 0. The van der Waals surface area contributed by atoms with Crippen LogP contribution in [0.15, 0.2) is 85.1 Å². The van der Waals surface area contributed by atoms with Gasteiger partial charge >= 0.3 is 5.97 Å². The van der Waals surface area contributed by atoms with Crippen LogP contribution in [0.25, 0.3) is 0 Å². The number of ether oxygens (including phenoxy) is 4. The topological polar surface area (TPSA) is 135 Å². The van der Waals surface area contributed by atoms with Crippen LogP contribution in [0.1, 0.15) is 129 Å². The van der Waals surface area contributed by atoms with Crippen molar-refractivity contribution in [1.82, 2.24) is 0 Å². The highest BCUT2D eigenvalue weighted by atomic mass is 16.7. The van der Waals surface area contributed by atoms with Crippen LogP contribution < -0.4 is 0 Å². The van der Waals surface area contributed by atoms with Crippen LogP contribution in [0.2, 0.25) is 0 Å². The maximum absolute atomic E-state index is 12.7. The lowest BCUT2D eigenvalue weighted by atomic mass is 9.99. The zero-order valence-corrected chi connectivity index (χ0v) is 33.4. The minimum atomic E-state index is -1.55. The molecule has 1 aliphatic rings. The molecule has 1 saturated heterocycles. The van der Waals surface area contributed by atoms with Gasteiger partial charge in [0, 0.05) is 13.0 Å². The number of hydrogen-bond acceptors (Lipinski definition) is 9. The summed E-state index contributed by atoms with van der Waals surface area (Å²) in [6, 6.07) is 0. The lowest BCUT2D eigenvalue weighted by molar-refractivity contribution is -0.305. The summed E-state index contributed by atoms with van der Waals surface area (Å²) in [5, 5.41) is 40.0. The van der Waals surface area contributed by atoms with Crippen LogP contribution in [0.4, 0.5) is 0 Å². The van der Waals surface area contributed by atoms with Crippen LogP contribution in [-0.2, 0) is 23.7 Å². The van der Waals surface area contributed by atoms with Gasteiger partial charge in [0.15, 0.2) is 6.29 Å². The van der Waals surface area contributed by atoms with Crippen LogP contribution in [-0.4, -0.2) is 89.6 Å². The highest BCUT2D eigenvalue weighted by Gasteiger charge is 2.44. The third-order valence-electron chi connectivity index (χ3n) is 8.78. The molecule has 54 heavy (non-hydrogen) atoms.